The van der Waals surface area contributed by atoms with Crippen molar-refractivity contribution in [2.24, 2.45) is 0 Å². The molecule has 1 saturated carbocycles. The van der Waals surface area contributed by atoms with E-state index in [4.69, 9.17) is 0 Å². The molecule has 110 valence electrons. The van der Waals surface area contributed by atoms with Gasteiger partial charge in [0.05, 0.1) is 0 Å². The van der Waals surface area contributed by atoms with Crippen LogP contribution in [0.2, 0.25) is 0 Å². The molecule has 3 heteroatoms. The molecule has 0 amide bonds. The largest absolute Gasteiger partial charge is 0.480 e. The van der Waals surface area contributed by atoms with Crippen LogP contribution in [0.25, 0.3) is 0 Å². The number of likely N-dealkylation sites (N-methyl/N-ethyl adjacent to an activating group) is 1. The van der Waals surface area contributed by atoms with Crippen LogP contribution in [0.5, 0.6) is 0 Å². The molecule has 0 bridgehead atoms. The molecular formula is C17H25NO2. The highest BCUT2D eigenvalue weighted by atomic mass is 16.4. The first-order valence-corrected chi connectivity index (χ1v) is 7.64. The van der Waals surface area contributed by atoms with Crippen LogP contribution >= 0.6 is 0 Å². The summed E-state index contributed by atoms with van der Waals surface area (Å²) in [6.45, 7) is 1.95. The van der Waals surface area contributed by atoms with Gasteiger partial charge in [-0.3, -0.25) is 9.69 Å². The Hall–Kier alpha value is -1.35. The highest BCUT2D eigenvalue weighted by Crippen LogP contribution is 2.36. The number of nitrogens with zero attached hydrogens (tertiary/aromatic N) is 1. The van der Waals surface area contributed by atoms with Crippen LogP contribution in [0.3, 0.4) is 0 Å². The lowest BCUT2D eigenvalue weighted by Gasteiger charge is -2.40. The van der Waals surface area contributed by atoms with Crippen LogP contribution in [-0.4, -0.2) is 35.1 Å². The summed E-state index contributed by atoms with van der Waals surface area (Å²) in [5.41, 5.74) is 1.35. The smallest absolute Gasteiger partial charge is 0.320 e. The van der Waals surface area contributed by atoms with E-state index in [1.807, 2.05) is 20.0 Å². The van der Waals surface area contributed by atoms with E-state index in [0.717, 1.165) is 12.8 Å². The van der Waals surface area contributed by atoms with Crippen molar-refractivity contribution in [2.45, 2.75) is 57.0 Å². The van der Waals surface area contributed by atoms with Gasteiger partial charge in [-0.25, -0.2) is 0 Å². The van der Waals surface area contributed by atoms with E-state index in [9.17, 15) is 9.90 Å². The van der Waals surface area contributed by atoms with Crippen molar-refractivity contribution in [3.05, 3.63) is 35.9 Å². The number of hydrogen-bond acceptors (Lipinski definition) is 2. The highest BCUT2D eigenvalue weighted by Gasteiger charge is 2.34. The van der Waals surface area contributed by atoms with Crippen LogP contribution < -0.4 is 0 Å². The lowest BCUT2D eigenvalue weighted by Crippen LogP contribution is -2.48. The molecule has 2 rings (SSSR count). The normalized spacial score (nSPS) is 24.6. The molecule has 1 aliphatic carbocycles. The van der Waals surface area contributed by atoms with Gasteiger partial charge in [0.15, 0.2) is 0 Å². The second-order valence-electron chi connectivity index (χ2n) is 5.80. The fourth-order valence-corrected chi connectivity index (χ4v) is 3.56. The fraction of sp³-hybridized carbons (Fsp3) is 0.588. The molecular weight excluding hydrogens is 250 g/mol. The first kappa shape index (κ1) is 15.0. The van der Waals surface area contributed by atoms with E-state index < -0.39 is 5.97 Å². The van der Waals surface area contributed by atoms with Gasteiger partial charge in [-0.05, 0) is 37.8 Å². The summed E-state index contributed by atoms with van der Waals surface area (Å²) in [6, 6.07) is 10.5. The zero-order chi connectivity index (χ0) is 14.5. The lowest BCUT2D eigenvalue weighted by atomic mass is 9.79. The van der Waals surface area contributed by atoms with Gasteiger partial charge in [0.1, 0.15) is 6.04 Å². The van der Waals surface area contributed by atoms with Gasteiger partial charge in [0, 0.05) is 6.04 Å². The summed E-state index contributed by atoms with van der Waals surface area (Å²) >= 11 is 0. The van der Waals surface area contributed by atoms with Crippen molar-refractivity contribution in [1.29, 1.82) is 0 Å². The Morgan fingerprint density at radius 3 is 2.55 bits per heavy atom. The molecule has 1 fully saturated rings. The third-order valence-electron chi connectivity index (χ3n) is 4.64. The van der Waals surface area contributed by atoms with Crippen LogP contribution in [0.15, 0.2) is 30.3 Å². The number of aliphatic carboxylic acids is 1. The molecule has 1 aromatic rings. The topological polar surface area (TPSA) is 40.5 Å². The fourth-order valence-electron chi connectivity index (χ4n) is 3.56. The summed E-state index contributed by atoms with van der Waals surface area (Å²) < 4.78 is 0. The van der Waals surface area contributed by atoms with Crippen molar-refractivity contribution in [3.8, 4) is 0 Å². The minimum Gasteiger partial charge on any atom is -0.480 e. The Morgan fingerprint density at radius 1 is 1.30 bits per heavy atom. The van der Waals surface area contributed by atoms with E-state index in [1.165, 1.54) is 18.4 Å². The Morgan fingerprint density at radius 2 is 1.95 bits per heavy atom. The number of benzene rings is 1. The summed E-state index contributed by atoms with van der Waals surface area (Å²) in [5.74, 6) is -0.240. The van der Waals surface area contributed by atoms with Crippen molar-refractivity contribution in [1.82, 2.24) is 4.90 Å². The van der Waals surface area contributed by atoms with Crippen molar-refractivity contribution in [3.63, 3.8) is 0 Å². The predicted molar refractivity (Wildman–Crippen MR) is 80.9 cm³/mol. The molecule has 0 radical (unpaired) electrons. The lowest BCUT2D eigenvalue weighted by molar-refractivity contribution is -0.144. The molecule has 20 heavy (non-hydrogen) atoms. The summed E-state index contributed by atoms with van der Waals surface area (Å²) in [7, 11) is 1.98. The Labute approximate surface area is 121 Å². The minimum atomic E-state index is -0.701. The van der Waals surface area contributed by atoms with Crippen molar-refractivity contribution >= 4 is 5.97 Å². The molecule has 1 aliphatic rings. The van der Waals surface area contributed by atoms with Crippen LogP contribution in [0, 0.1) is 0 Å². The molecule has 3 atom stereocenters. The number of hydrogen-bond donors (Lipinski definition) is 1. The van der Waals surface area contributed by atoms with Gasteiger partial charge in [-0.2, -0.15) is 0 Å². The van der Waals surface area contributed by atoms with Gasteiger partial charge in [0.2, 0.25) is 0 Å². The zero-order valence-electron chi connectivity index (χ0n) is 12.5. The Kier molecular flexibility index (Phi) is 5.18. The van der Waals surface area contributed by atoms with Gasteiger partial charge in [-0.1, -0.05) is 50.1 Å². The van der Waals surface area contributed by atoms with E-state index >= 15 is 0 Å². The number of carboxylic acid groups (broad SMARTS) is 1. The molecule has 3 nitrogen and oxygen atoms in total. The molecule has 0 aromatic heterocycles. The summed E-state index contributed by atoms with van der Waals surface area (Å²) in [5, 5.41) is 9.39. The maximum absolute atomic E-state index is 11.4. The maximum atomic E-state index is 11.4. The Bertz CT molecular complexity index is 432. The van der Waals surface area contributed by atoms with Crippen molar-refractivity contribution < 1.29 is 9.90 Å². The quantitative estimate of drug-likeness (QED) is 0.894. The third kappa shape index (κ3) is 3.21. The summed E-state index contributed by atoms with van der Waals surface area (Å²) in [4.78, 5) is 13.5. The minimum absolute atomic E-state index is 0.340. The average molecular weight is 275 g/mol. The molecule has 0 spiro atoms. The third-order valence-corrected chi connectivity index (χ3v) is 4.64. The van der Waals surface area contributed by atoms with E-state index in [2.05, 4.69) is 29.2 Å². The predicted octanol–water partition coefficient (Wildman–Crippen LogP) is 3.51. The molecule has 0 heterocycles. The second-order valence-corrected chi connectivity index (χ2v) is 5.80. The molecule has 3 unspecified atom stereocenters. The Balaban J connectivity index is 2.20. The molecule has 1 N–H and O–H groups in total. The second kappa shape index (κ2) is 6.89. The van der Waals surface area contributed by atoms with Crippen LogP contribution in [-0.2, 0) is 4.79 Å². The standard InChI is InChI=1S/C17H25NO2/c1-3-15(17(19)20)18(2)16-12-8-7-11-14(16)13-9-5-4-6-10-13/h4-6,9-10,14-16H,3,7-8,11-12H2,1-2H3,(H,19,20). The number of carbonyl (C=O) groups is 1. The molecule has 0 saturated heterocycles. The van der Waals surface area contributed by atoms with Gasteiger partial charge in [-0.15, -0.1) is 0 Å². The molecule has 1 aromatic carbocycles. The highest BCUT2D eigenvalue weighted by molar-refractivity contribution is 5.73. The number of carboxylic acids is 1. The SMILES string of the molecule is CCC(C(=O)O)N(C)C1CCCCC1c1ccccc1. The summed E-state index contributed by atoms with van der Waals surface area (Å²) in [6.07, 6.45) is 5.36. The van der Waals surface area contributed by atoms with Gasteiger partial charge < -0.3 is 5.11 Å². The van der Waals surface area contributed by atoms with E-state index in [0.29, 0.717) is 18.4 Å². The molecule has 0 aliphatic heterocycles. The first-order valence-electron chi connectivity index (χ1n) is 7.64. The van der Waals surface area contributed by atoms with Gasteiger partial charge >= 0.3 is 5.97 Å². The van der Waals surface area contributed by atoms with Gasteiger partial charge in [0.25, 0.3) is 0 Å². The van der Waals surface area contributed by atoms with Crippen LogP contribution in [0.4, 0.5) is 0 Å². The average Bonchev–Trinajstić information content (AvgIpc) is 2.48. The van der Waals surface area contributed by atoms with Crippen LogP contribution in [0.1, 0.15) is 50.5 Å². The monoisotopic (exact) mass is 275 g/mol. The van der Waals surface area contributed by atoms with Crippen molar-refractivity contribution in [2.75, 3.05) is 7.05 Å². The first-order chi connectivity index (χ1) is 9.65. The zero-order valence-corrected chi connectivity index (χ0v) is 12.5. The van der Waals surface area contributed by atoms with E-state index in [-0.39, 0.29) is 6.04 Å². The maximum Gasteiger partial charge on any atom is 0.320 e. The van der Waals surface area contributed by atoms with E-state index in [1.54, 1.807) is 0 Å². The number of rotatable bonds is 5.